The zero-order chi connectivity index (χ0) is 30.8. The Morgan fingerprint density at radius 1 is 0.907 bits per heavy atom. The third-order valence-corrected chi connectivity index (χ3v) is 7.97. The summed E-state index contributed by atoms with van der Waals surface area (Å²) in [4.78, 5) is 66.7. The monoisotopic (exact) mass is 620 g/mol. The first-order valence-electron chi connectivity index (χ1n) is 13.4. The van der Waals surface area contributed by atoms with Gasteiger partial charge in [0.1, 0.15) is 18.0 Å². The third-order valence-electron chi connectivity index (χ3n) is 7.42. The molecule has 3 aromatic carbocycles. The van der Waals surface area contributed by atoms with Gasteiger partial charge in [0.15, 0.2) is 5.78 Å². The molecule has 1 aliphatic carbocycles. The molecule has 1 saturated heterocycles. The molecule has 5 rings (SSSR count). The van der Waals surface area contributed by atoms with Gasteiger partial charge < -0.3 is 9.47 Å². The van der Waals surface area contributed by atoms with Crippen LogP contribution in [0.3, 0.4) is 0 Å². The molecule has 9 nitrogen and oxygen atoms in total. The van der Waals surface area contributed by atoms with E-state index in [0.717, 1.165) is 15.6 Å². The van der Waals surface area contributed by atoms with Gasteiger partial charge in [-0.2, -0.15) is 5.01 Å². The number of rotatable bonds is 8. The van der Waals surface area contributed by atoms with Gasteiger partial charge in [0.2, 0.25) is 0 Å². The summed E-state index contributed by atoms with van der Waals surface area (Å²) in [7, 11) is 1.49. The van der Waals surface area contributed by atoms with Gasteiger partial charge in [0, 0.05) is 10.6 Å². The van der Waals surface area contributed by atoms with Crippen LogP contribution in [-0.4, -0.2) is 53.1 Å². The van der Waals surface area contributed by atoms with Crippen molar-refractivity contribution < 1.29 is 33.4 Å². The van der Waals surface area contributed by atoms with Crippen molar-refractivity contribution in [3.8, 4) is 11.5 Å². The molecular formula is C32H26Cl2N2O7. The van der Waals surface area contributed by atoms with Gasteiger partial charge in [0.25, 0.3) is 17.7 Å². The Hall–Kier alpha value is -4.47. The molecule has 0 radical (unpaired) electrons. The van der Waals surface area contributed by atoms with Crippen LogP contribution in [0.1, 0.15) is 50.8 Å². The normalized spacial score (nSPS) is 17.7. The third kappa shape index (κ3) is 6.18. The number of imide groups is 1. The minimum absolute atomic E-state index is 0.00572. The molecule has 2 aliphatic rings. The number of hydrazine groups is 1. The SMILES string of the molecule is COc1cccc(C(=O)Oc2ccc(C(=O)CN(C(=O)c3ccc(Cl)cc3Cl)N3C(=O)[C@H]4CC(C)=CC[C@H]4C3=O)cc2)c1. The number of benzene rings is 3. The largest absolute Gasteiger partial charge is 0.497 e. The molecule has 43 heavy (non-hydrogen) atoms. The number of amides is 3. The highest BCUT2D eigenvalue weighted by Crippen LogP contribution is 2.39. The number of carbonyl (C=O) groups is 5. The summed E-state index contributed by atoms with van der Waals surface area (Å²) >= 11 is 12.3. The molecule has 2 atom stereocenters. The fourth-order valence-corrected chi connectivity index (χ4v) is 5.63. The molecule has 0 spiro atoms. The Balaban J connectivity index is 1.38. The number of allylic oxidation sites excluding steroid dienone is 2. The van der Waals surface area contributed by atoms with E-state index in [9.17, 15) is 24.0 Å². The van der Waals surface area contributed by atoms with Crippen molar-refractivity contribution in [1.29, 1.82) is 0 Å². The number of fused-ring (bicyclic) bond motifs is 1. The van der Waals surface area contributed by atoms with Crippen LogP contribution in [0.25, 0.3) is 0 Å². The predicted octanol–water partition coefficient (Wildman–Crippen LogP) is 5.80. The lowest BCUT2D eigenvalue weighted by Crippen LogP contribution is -2.52. The van der Waals surface area contributed by atoms with Gasteiger partial charge in [-0.25, -0.2) is 9.80 Å². The molecule has 3 aromatic rings. The number of nitrogens with zero attached hydrogens (tertiary/aromatic N) is 2. The lowest BCUT2D eigenvalue weighted by molar-refractivity contribution is -0.154. The average Bonchev–Trinajstić information content (AvgIpc) is 3.24. The molecule has 0 unspecified atom stereocenters. The van der Waals surface area contributed by atoms with Gasteiger partial charge >= 0.3 is 5.97 Å². The number of esters is 1. The number of methoxy groups -OCH3 is 1. The van der Waals surface area contributed by atoms with Gasteiger partial charge in [0.05, 0.1) is 35.1 Å². The van der Waals surface area contributed by atoms with Crippen LogP contribution in [0.15, 0.2) is 78.4 Å². The highest BCUT2D eigenvalue weighted by Gasteiger charge is 2.52. The number of ketones is 1. The number of hydrogen-bond acceptors (Lipinski definition) is 7. The Morgan fingerprint density at radius 2 is 1.63 bits per heavy atom. The second-order valence-electron chi connectivity index (χ2n) is 10.2. The summed E-state index contributed by atoms with van der Waals surface area (Å²) in [5.74, 6) is -3.65. The standard InChI is InChI=1S/C32H26Cl2N2O7/c1-18-6-12-24-26(14-18)31(40)36(30(24)39)35(29(38)25-13-9-21(33)16-27(25)34)17-28(37)19-7-10-22(11-8-19)43-32(41)20-4-3-5-23(15-20)42-2/h3-11,13,15-16,24,26H,12,14,17H2,1-2H3/t24-,26+/m1/s1. The summed E-state index contributed by atoms with van der Waals surface area (Å²) in [6.07, 6.45) is 2.66. The number of ether oxygens (including phenoxy) is 2. The van der Waals surface area contributed by atoms with Crippen molar-refractivity contribution in [2.45, 2.75) is 19.8 Å². The smallest absolute Gasteiger partial charge is 0.343 e. The lowest BCUT2D eigenvalue weighted by atomic mass is 9.82. The van der Waals surface area contributed by atoms with E-state index in [2.05, 4.69) is 0 Å². The van der Waals surface area contributed by atoms with Crippen molar-refractivity contribution in [1.82, 2.24) is 10.0 Å². The van der Waals surface area contributed by atoms with Crippen molar-refractivity contribution >= 4 is 52.7 Å². The van der Waals surface area contributed by atoms with E-state index in [1.807, 2.05) is 13.0 Å². The van der Waals surface area contributed by atoms with Crippen LogP contribution in [-0.2, 0) is 9.59 Å². The molecule has 0 aromatic heterocycles. The molecule has 0 N–H and O–H groups in total. The van der Waals surface area contributed by atoms with E-state index in [1.54, 1.807) is 18.2 Å². The first-order valence-corrected chi connectivity index (χ1v) is 14.1. The van der Waals surface area contributed by atoms with Crippen molar-refractivity contribution in [2.75, 3.05) is 13.7 Å². The molecule has 1 fully saturated rings. The summed E-state index contributed by atoms with van der Waals surface area (Å²) in [6.45, 7) is 1.26. The minimum atomic E-state index is -0.802. The maximum Gasteiger partial charge on any atom is 0.343 e. The summed E-state index contributed by atoms with van der Waals surface area (Å²) in [5, 5.41) is 1.94. The van der Waals surface area contributed by atoms with Crippen LogP contribution in [0.5, 0.6) is 11.5 Å². The number of hydrogen-bond donors (Lipinski definition) is 0. The van der Waals surface area contributed by atoms with Gasteiger partial charge in [-0.15, -0.1) is 0 Å². The van der Waals surface area contributed by atoms with Crippen molar-refractivity contribution in [3.05, 3.63) is 105 Å². The van der Waals surface area contributed by atoms with Crippen LogP contribution >= 0.6 is 23.2 Å². The molecule has 1 aliphatic heterocycles. The molecule has 0 saturated carbocycles. The molecule has 11 heteroatoms. The molecule has 0 bridgehead atoms. The van der Waals surface area contributed by atoms with Gasteiger partial charge in [-0.05, 0) is 80.4 Å². The number of halogens is 2. The maximum atomic E-state index is 13.8. The summed E-state index contributed by atoms with van der Waals surface area (Å²) in [5.41, 5.74) is 1.39. The molecular weight excluding hydrogens is 595 g/mol. The minimum Gasteiger partial charge on any atom is -0.497 e. The maximum absolute atomic E-state index is 13.8. The predicted molar refractivity (Wildman–Crippen MR) is 158 cm³/mol. The van der Waals surface area contributed by atoms with Crippen LogP contribution in [0.4, 0.5) is 0 Å². The van der Waals surface area contributed by atoms with E-state index in [4.69, 9.17) is 32.7 Å². The Bertz CT molecular complexity index is 1670. The average molecular weight is 621 g/mol. The van der Waals surface area contributed by atoms with E-state index in [1.165, 1.54) is 55.6 Å². The summed E-state index contributed by atoms with van der Waals surface area (Å²) in [6, 6.07) is 16.4. The first-order chi connectivity index (χ1) is 20.6. The fourth-order valence-electron chi connectivity index (χ4n) is 5.15. The first kappa shape index (κ1) is 30.0. The van der Waals surface area contributed by atoms with Gasteiger partial charge in [-0.1, -0.05) is 40.9 Å². The topological polar surface area (TPSA) is 110 Å². The van der Waals surface area contributed by atoms with Crippen LogP contribution < -0.4 is 9.47 Å². The van der Waals surface area contributed by atoms with Crippen molar-refractivity contribution in [3.63, 3.8) is 0 Å². The second-order valence-corrected chi connectivity index (χ2v) is 11.1. The zero-order valence-electron chi connectivity index (χ0n) is 23.2. The zero-order valence-corrected chi connectivity index (χ0v) is 24.7. The fraction of sp³-hybridized carbons (Fsp3) is 0.219. The molecule has 220 valence electrons. The Morgan fingerprint density at radius 3 is 2.33 bits per heavy atom. The van der Waals surface area contributed by atoms with E-state index < -0.39 is 47.9 Å². The van der Waals surface area contributed by atoms with E-state index in [0.29, 0.717) is 18.6 Å². The van der Waals surface area contributed by atoms with E-state index >= 15 is 0 Å². The van der Waals surface area contributed by atoms with Crippen LogP contribution in [0.2, 0.25) is 10.0 Å². The van der Waals surface area contributed by atoms with E-state index in [-0.39, 0.29) is 32.5 Å². The Labute approximate surface area is 257 Å². The number of Topliss-reactive ketones (excluding diaryl/α,β-unsaturated/α-hetero) is 1. The highest BCUT2D eigenvalue weighted by atomic mass is 35.5. The Kier molecular flexibility index (Phi) is 8.66. The summed E-state index contributed by atoms with van der Waals surface area (Å²) < 4.78 is 10.5. The highest BCUT2D eigenvalue weighted by molar-refractivity contribution is 6.36. The molecule has 3 amide bonds. The van der Waals surface area contributed by atoms with Crippen molar-refractivity contribution in [2.24, 2.45) is 11.8 Å². The second kappa shape index (κ2) is 12.4. The lowest BCUT2D eigenvalue weighted by Gasteiger charge is -2.30. The van der Waals surface area contributed by atoms with Crippen LogP contribution in [0, 0.1) is 11.8 Å². The molecule has 1 heterocycles. The quantitative estimate of drug-likeness (QED) is 0.103. The van der Waals surface area contributed by atoms with Gasteiger partial charge in [-0.3, -0.25) is 19.2 Å². The number of carbonyl (C=O) groups excluding carboxylic acids is 5.